The number of hydrogen-bond donors (Lipinski definition) is 2. The summed E-state index contributed by atoms with van der Waals surface area (Å²) in [6, 6.07) is 5.97. The lowest BCUT2D eigenvalue weighted by Crippen LogP contribution is -2.40. The number of aromatic nitrogens is 3. The number of anilines is 1. The molecule has 1 aliphatic heterocycles. The lowest BCUT2D eigenvalue weighted by molar-refractivity contribution is 0.193. The summed E-state index contributed by atoms with van der Waals surface area (Å²) < 4.78 is 6.13. The molecular weight excluding hydrogens is 354 g/mol. The minimum Gasteiger partial charge on any atom is -0.459 e. The Balaban J connectivity index is 1.29. The minimum atomic E-state index is -0.0634. The highest BCUT2D eigenvalue weighted by Gasteiger charge is 2.27. The van der Waals surface area contributed by atoms with Crippen LogP contribution in [-0.4, -0.2) is 39.2 Å². The number of carbonyl (C=O) groups is 1. The molecule has 2 aliphatic rings. The van der Waals surface area contributed by atoms with Gasteiger partial charge < -0.3 is 14.6 Å². The molecule has 0 unspecified atom stereocenters. The Bertz CT molecular complexity index is 1010. The van der Waals surface area contributed by atoms with E-state index in [1.165, 1.54) is 18.4 Å². The Labute approximate surface area is 163 Å². The highest BCUT2D eigenvalue weighted by molar-refractivity contribution is 6.00. The first-order valence-electron chi connectivity index (χ1n) is 10.2. The molecule has 1 saturated heterocycles. The molecule has 2 N–H and O–H groups in total. The molecule has 1 aliphatic carbocycles. The number of benzene rings is 1. The topological polar surface area (TPSA) is 87.1 Å². The van der Waals surface area contributed by atoms with Crippen LogP contribution in [0.2, 0.25) is 0 Å². The van der Waals surface area contributed by atoms with E-state index < -0.39 is 0 Å². The van der Waals surface area contributed by atoms with Crippen LogP contribution >= 0.6 is 0 Å². The maximum atomic E-state index is 12.8. The van der Waals surface area contributed by atoms with E-state index >= 15 is 0 Å². The first-order valence-corrected chi connectivity index (χ1v) is 10.2. The highest BCUT2D eigenvalue weighted by Crippen LogP contribution is 2.35. The number of rotatable bonds is 2. The summed E-state index contributed by atoms with van der Waals surface area (Å²) in [5.74, 6) is 3.10. The second-order valence-electron chi connectivity index (χ2n) is 7.86. The van der Waals surface area contributed by atoms with Crippen LogP contribution < -0.4 is 5.32 Å². The summed E-state index contributed by atoms with van der Waals surface area (Å²) in [6.45, 7) is 3.32. The number of furan rings is 1. The molecule has 5 rings (SSSR count). The normalized spacial score (nSPS) is 17.7. The molecule has 2 amide bonds. The van der Waals surface area contributed by atoms with E-state index in [9.17, 15) is 4.79 Å². The summed E-state index contributed by atoms with van der Waals surface area (Å²) in [6.07, 6.45) is 6.19. The molecule has 0 saturated carbocycles. The van der Waals surface area contributed by atoms with Crippen molar-refractivity contribution < 1.29 is 9.21 Å². The van der Waals surface area contributed by atoms with Crippen LogP contribution in [0.3, 0.4) is 0 Å². The van der Waals surface area contributed by atoms with Gasteiger partial charge in [0, 0.05) is 36.4 Å². The number of hydrogen-bond acceptors (Lipinski definition) is 4. The third-order valence-corrected chi connectivity index (χ3v) is 5.99. The Kier molecular flexibility index (Phi) is 4.30. The van der Waals surface area contributed by atoms with E-state index in [0.29, 0.717) is 19.0 Å². The highest BCUT2D eigenvalue weighted by atomic mass is 16.3. The minimum absolute atomic E-state index is 0.0634. The molecule has 2 aromatic heterocycles. The van der Waals surface area contributed by atoms with Crippen LogP contribution in [0.1, 0.15) is 54.6 Å². The van der Waals surface area contributed by atoms with E-state index in [0.717, 1.165) is 59.7 Å². The fraction of sp³-hybridized carbons (Fsp3) is 0.476. The molecule has 7 heteroatoms. The molecule has 146 valence electrons. The van der Waals surface area contributed by atoms with Gasteiger partial charge in [-0.15, -0.1) is 0 Å². The fourth-order valence-corrected chi connectivity index (χ4v) is 4.46. The Morgan fingerprint density at radius 3 is 2.86 bits per heavy atom. The van der Waals surface area contributed by atoms with Gasteiger partial charge in [-0.1, -0.05) is 12.1 Å². The molecule has 28 heavy (non-hydrogen) atoms. The molecule has 0 radical (unpaired) electrons. The number of piperidine rings is 1. The number of fused-ring (bicyclic) bond motifs is 3. The quantitative estimate of drug-likeness (QED) is 0.700. The average molecular weight is 379 g/mol. The Morgan fingerprint density at radius 1 is 1.25 bits per heavy atom. The zero-order chi connectivity index (χ0) is 19.1. The van der Waals surface area contributed by atoms with Crippen LogP contribution in [-0.2, 0) is 12.8 Å². The van der Waals surface area contributed by atoms with Gasteiger partial charge in [0.2, 0.25) is 0 Å². The predicted octanol–water partition coefficient (Wildman–Crippen LogP) is 4.15. The van der Waals surface area contributed by atoms with Crippen LogP contribution in [0.25, 0.3) is 11.0 Å². The maximum absolute atomic E-state index is 12.8. The van der Waals surface area contributed by atoms with Crippen LogP contribution in [0, 0.1) is 6.92 Å². The Hall–Kier alpha value is -2.83. The van der Waals surface area contributed by atoms with Gasteiger partial charge in [0.25, 0.3) is 0 Å². The number of para-hydroxylation sites is 1. The van der Waals surface area contributed by atoms with E-state index in [1.54, 1.807) is 0 Å². The lowest BCUT2D eigenvalue weighted by Gasteiger charge is -2.30. The van der Waals surface area contributed by atoms with Crippen molar-refractivity contribution in [1.29, 1.82) is 0 Å². The molecular formula is C21H25N5O2. The molecule has 0 spiro atoms. The molecule has 0 atom stereocenters. The van der Waals surface area contributed by atoms with Crippen molar-refractivity contribution in [2.24, 2.45) is 0 Å². The van der Waals surface area contributed by atoms with Gasteiger partial charge in [-0.2, -0.15) is 5.10 Å². The fourth-order valence-electron chi connectivity index (χ4n) is 4.46. The van der Waals surface area contributed by atoms with Gasteiger partial charge in [-0.3, -0.25) is 5.10 Å². The molecule has 3 aromatic rings. The standard InChI is InChI=1S/C21H25N5O2/c1-13-22-20(25-24-13)14-9-11-26(12-10-14)21(27)23-17-7-4-6-16-15-5-2-3-8-18(15)28-19(16)17/h4,6-7,14H,2-3,5,8-12H2,1H3,(H,23,27)(H,22,24,25). The van der Waals surface area contributed by atoms with Crippen molar-refractivity contribution in [1.82, 2.24) is 20.1 Å². The average Bonchev–Trinajstić information content (AvgIpc) is 3.32. The second-order valence-corrected chi connectivity index (χ2v) is 7.86. The van der Waals surface area contributed by atoms with E-state index in [-0.39, 0.29) is 6.03 Å². The van der Waals surface area contributed by atoms with Crippen LogP contribution in [0.15, 0.2) is 22.6 Å². The number of nitrogens with zero attached hydrogens (tertiary/aromatic N) is 3. The molecule has 1 aromatic carbocycles. The third kappa shape index (κ3) is 3.04. The summed E-state index contributed by atoms with van der Waals surface area (Å²) in [5, 5.41) is 11.4. The van der Waals surface area contributed by atoms with Crippen molar-refractivity contribution in [2.75, 3.05) is 18.4 Å². The number of aromatic amines is 1. The van der Waals surface area contributed by atoms with Crippen molar-refractivity contribution in [3.8, 4) is 0 Å². The summed E-state index contributed by atoms with van der Waals surface area (Å²) in [7, 11) is 0. The number of likely N-dealkylation sites (tertiary alicyclic amines) is 1. The van der Waals surface area contributed by atoms with Crippen molar-refractivity contribution in [3.05, 3.63) is 41.2 Å². The summed E-state index contributed by atoms with van der Waals surface area (Å²) >= 11 is 0. The first-order chi connectivity index (χ1) is 13.7. The zero-order valence-corrected chi connectivity index (χ0v) is 16.1. The van der Waals surface area contributed by atoms with Gasteiger partial charge in [-0.25, -0.2) is 9.78 Å². The number of nitrogens with one attached hydrogen (secondary N) is 2. The number of aryl methyl sites for hydroxylation is 3. The largest absolute Gasteiger partial charge is 0.459 e. The molecule has 7 nitrogen and oxygen atoms in total. The SMILES string of the molecule is Cc1nc(C2CCN(C(=O)Nc3cccc4c5c(oc34)CCCC5)CC2)n[nH]1. The lowest BCUT2D eigenvalue weighted by atomic mass is 9.96. The predicted molar refractivity (Wildman–Crippen MR) is 107 cm³/mol. The number of H-pyrrole nitrogens is 1. The monoisotopic (exact) mass is 379 g/mol. The third-order valence-electron chi connectivity index (χ3n) is 5.99. The van der Waals surface area contributed by atoms with Gasteiger partial charge in [0.1, 0.15) is 11.6 Å². The second kappa shape index (κ2) is 6.96. The maximum Gasteiger partial charge on any atom is 0.321 e. The number of urea groups is 1. The smallest absolute Gasteiger partial charge is 0.321 e. The first kappa shape index (κ1) is 17.3. The number of amides is 2. The summed E-state index contributed by atoms with van der Waals surface area (Å²) in [5.41, 5.74) is 2.90. The number of carbonyl (C=O) groups excluding carboxylic acids is 1. The molecule has 1 fully saturated rings. The van der Waals surface area contributed by atoms with Gasteiger partial charge in [0.05, 0.1) is 5.69 Å². The van der Waals surface area contributed by atoms with Gasteiger partial charge in [0.15, 0.2) is 11.4 Å². The van der Waals surface area contributed by atoms with Crippen molar-refractivity contribution in [3.63, 3.8) is 0 Å². The van der Waals surface area contributed by atoms with Crippen molar-refractivity contribution in [2.45, 2.75) is 51.4 Å². The van der Waals surface area contributed by atoms with Gasteiger partial charge in [-0.05, 0) is 45.1 Å². The van der Waals surface area contributed by atoms with Crippen LogP contribution in [0.4, 0.5) is 10.5 Å². The van der Waals surface area contributed by atoms with Crippen LogP contribution in [0.5, 0.6) is 0 Å². The zero-order valence-electron chi connectivity index (χ0n) is 16.1. The molecule has 0 bridgehead atoms. The Morgan fingerprint density at radius 2 is 2.07 bits per heavy atom. The summed E-state index contributed by atoms with van der Waals surface area (Å²) in [4.78, 5) is 19.1. The van der Waals surface area contributed by atoms with E-state index in [2.05, 4.69) is 26.6 Å². The van der Waals surface area contributed by atoms with Crippen molar-refractivity contribution >= 4 is 22.7 Å². The van der Waals surface area contributed by atoms with Gasteiger partial charge >= 0.3 is 6.03 Å². The van der Waals surface area contributed by atoms with E-state index in [4.69, 9.17) is 4.42 Å². The van der Waals surface area contributed by atoms with E-state index in [1.807, 2.05) is 24.0 Å². The molecule has 3 heterocycles.